The zero-order chi connectivity index (χ0) is 13.2. The Morgan fingerprint density at radius 1 is 1.37 bits per heavy atom. The minimum absolute atomic E-state index is 0.266. The number of nitrogens with one attached hydrogen (secondary N) is 1. The molecule has 3 rings (SSSR count). The van der Waals surface area contributed by atoms with Crippen LogP contribution in [0, 0.1) is 5.92 Å². The van der Waals surface area contributed by atoms with Crippen LogP contribution < -0.4 is 5.32 Å². The maximum absolute atomic E-state index is 6.02. The van der Waals surface area contributed by atoms with E-state index in [1.165, 1.54) is 15.6 Å². The smallest absolute Gasteiger partial charge is 0.0880 e. The number of rotatable bonds is 4. The van der Waals surface area contributed by atoms with Crippen LogP contribution in [0.25, 0.3) is 10.1 Å². The average Bonchev–Trinajstić information content (AvgIpc) is 3.02. The first-order chi connectivity index (χ1) is 9.25. The lowest BCUT2D eigenvalue weighted by atomic mass is 9.95. The third kappa shape index (κ3) is 2.69. The van der Waals surface area contributed by atoms with E-state index in [1.807, 2.05) is 11.3 Å². The molecule has 2 unspecified atom stereocenters. The van der Waals surface area contributed by atoms with Crippen LogP contribution in [-0.2, 0) is 4.74 Å². The largest absolute Gasteiger partial charge is 0.373 e. The number of ether oxygens (including phenoxy) is 1. The van der Waals surface area contributed by atoms with E-state index in [1.54, 1.807) is 0 Å². The number of fused-ring (bicyclic) bond motifs is 1. The second-order valence-electron chi connectivity index (χ2n) is 5.59. The topological polar surface area (TPSA) is 21.3 Å². The lowest BCUT2D eigenvalue weighted by Gasteiger charge is -2.20. The van der Waals surface area contributed by atoms with Crippen LogP contribution in [0.1, 0.15) is 31.9 Å². The van der Waals surface area contributed by atoms with Crippen molar-refractivity contribution in [2.24, 2.45) is 5.92 Å². The van der Waals surface area contributed by atoms with Gasteiger partial charge in [-0.1, -0.05) is 32.0 Å². The molecule has 0 radical (unpaired) electrons. The molecule has 1 saturated heterocycles. The fourth-order valence-corrected chi connectivity index (χ4v) is 3.78. The molecule has 1 aliphatic rings. The second-order valence-corrected chi connectivity index (χ2v) is 6.50. The molecule has 19 heavy (non-hydrogen) atoms. The third-order valence-corrected chi connectivity index (χ3v) is 4.80. The Balaban J connectivity index is 1.84. The summed E-state index contributed by atoms with van der Waals surface area (Å²) in [5.74, 6) is 0.598. The molecule has 1 fully saturated rings. The fraction of sp³-hybridized carbons (Fsp3) is 0.500. The molecule has 0 saturated carbocycles. The maximum Gasteiger partial charge on any atom is 0.0880 e. The van der Waals surface area contributed by atoms with E-state index in [4.69, 9.17) is 4.74 Å². The van der Waals surface area contributed by atoms with Crippen LogP contribution in [0.4, 0.5) is 0 Å². The van der Waals surface area contributed by atoms with Gasteiger partial charge in [0.05, 0.1) is 6.10 Å². The first-order valence-corrected chi connectivity index (χ1v) is 7.95. The van der Waals surface area contributed by atoms with Crippen molar-refractivity contribution in [1.29, 1.82) is 0 Å². The Kier molecular flexibility index (Phi) is 3.87. The van der Waals surface area contributed by atoms with Gasteiger partial charge in [0.1, 0.15) is 0 Å². The van der Waals surface area contributed by atoms with E-state index < -0.39 is 0 Å². The predicted molar refractivity (Wildman–Crippen MR) is 81.8 cm³/mol. The molecule has 0 aliphatic carbocycles. The summed E-state index contributed by atoms with van der Waals surface area (Å²) in [6, 6.07) is 9.18. The molecule has 2 aromatic rings. The molecule has 2 nitrogen and oxygen atoms in total. The van der Waals surface area contributed by atoms with Crippen molar-refractivity contribution in [2.75, 3.05) is 13.2 Å². The van der Waals surface area contributed by atoms with Gasteiger partial charge in [0, 0.05) is 29.8 Å². The highest BCUT2D eigenvalue weighted by Crippen LogP contribution is 2.40. The Morgan fingerprint density at radius 3 is 3.05 bits per heavy atom. The van der Waals surface area contributed by atoms with Crippen molar-refractivity contribution in [2.45, 2.75) is 32.4 Å². The summed E-state index contributed by atoms with van der Waals surface area (Å²) in [6.45, 7) is 6.33. The molecule has 2 heterocycles. The van der Waals surface area contributed by atoms with Crippen LogP contribution in [0.15, 0.2) is 29.6 Å². The lowest BCUT2D eigenvalue weighted by molar-refractivity contribution is 0.0915. The van der Waals surface area contributed by atoms with Gasteiger partial charge in [-0.2, -0.15) is 0 Å². The number of hydrogen-bond donors (Lipinski definition) is 1. The van der Waals surface area contributed by atoms with Crippen molar-refractivity contribution in [1.82, 2.24) is 5.32 Å². The quantitative estimate of drug-likeness (QED) is 0.911. The molecule has 0 amide bonds. The molecule has 102 valence electrons. The second kappa shape index (κ2) is 5.61. The minimum atomic E-state index is 0.266. The summed E-state index contributed by atoms with van der Waals surface area (Å²) in [7, 11) is 0. The molecule has 1 aromatic carbocycles. The van der Waals surface area contributed by atoms with E-state index >= 15 is 0 Å². The van der Waals surface area contributed by atoms with Gasteiger partial charge in [-0.15, -0.1) is 11.3 Å². The highest BCUT2D eigenvalue weighted by Gasteiger charge is 2.31. The van der Waals surface area contributed by atoms with Crippen LogP contribution >= 0.6 is 11.3 Å². The van der Waals surface area contributed by atoms with Gasteiger partial charge in [0.25, 0.3) is 0 Å². The molecule has 1 aromatic heterocycles. The number of benzene rings is 1. The van der Waals surface area contributed by atoms with Crippen molar-refractivity contribution in [3.63, 3.8) is 0 Å². The Labute approximate surface area is 118 Å². The van der Waals surface area contributed by atoms with Crippen molar-refractivity contribution in [3.05, 3.63) is 35.2 Å². The Hall–Kier alpha value is -0.900. The van der Waals surface area contributed by atoms with Crippen LogP contribution in [-0.4, -0.2) is 19.2 Å². The van der Waals surface area contributed by atoms with Gasteiger partial charge in [-0.3, -0.25) is 0 Å². The number of hydrogen-bond acceptors (Lipinski definition) is 3. The summed E-state index contributed by atoms with van der Waals surface area (Å²) in [5.41, 5.74) is 1.38. The van der Waals surface area contributed by atoms with Crippen molar-refractivity contribution < 1.29 is 4.74 Å². The fourth-order valence-electron chi connectivity index (χ4n) is 2.79. The average molecular weight is 275 g/mol. The van der Waals surface area contributed by atoms with Crippen molar-refractivity contribution >= 4 is 21.4 Å². The van der Waals surface area contributed by atoms with Gasteiger partial charge >= 0.3 is 0 Å². The third-order valence-electron chi connectivity index (χ3n) is 3.82. The van der Waals surface area contributed by atoms with E-state index in [2.05, 4.69) is 48.8 Å². The highest BCUT2D eigenvalue weighted by atomic mass is 32.1. The van der Waals surface area contributed by atoms with E-state index in [0.717, 1.165) is 19.6 Å². The standard InChI is InChI=1S/C16H21NOS/c1-11(2)17-9-12-7-8-18-16(12)14-10-19-15-6-4-3-5-13(14)15/h3-6,10-12,16-17H,7-9H2,1-2H3. The summed E-state index contributed by atoms with van der Waals surface area (Å²) >= 11 is 1.83. The van der Waals surface area contributed by atoms with E-state index in [0.29, 0.717) is 12.0 Å². The van der Waals surface area contributed by atoms with Gasteiger partial charge in [-0.25, -0.2) is 0 Å². The SMILES string of the molecule is CC(C)NCC1CCOC1c1csc2ccccc12. The van der Waals surface area contributed by atoms with E-state index in [9.17, 15) is 0 Å². The number of thiophene rings is 1. The molecule has 1 N–H and O–H groups in total. The van der Waals surface area contributed by atoms with Crippen LogP contribution in [0.2, 0.25) is 0 Å². The molecule has 0 spiro atoms. The zero-order valence-corrected chi connectivity index (χ0v) is 12.4. The Bertz CT molecular complexity index is 548. The summed E-state index contributed by atoms with van der Waals surface area (Å²) in [4.78, 5) is 0. The molecule has 2 atom stereocenters. The molecular formula is C16H21NOS. The Morgan fingerprint density at radius 2 is 2.21 bits per heavy atom. The van der Waals surface area contributed by atoms with Crippen LogP contribution in [0.3, 0.4) is 0 Å². The summed E-state index contributed by atoms with van der Waals surface area (Å²) in [5, 5.41) is 7.20. The lowest BCUT2D eigenvalue weighted by Crippen LogP contribution is -2.30. The monoisotopic (exact) mass is 275 g/mol. The zero-order valence-electron chi connectivity index (χ0n) is 11.6. The predicted octanol–water partition coefficient (Wildman–Crippen LogP) is 3.98. The van der Waals surface area contributed by atoms with Gasteiger partial charge in [0.2, 0.25) is 0 Å². The van der Waals surface area contributed by atoms with Gasteiger partial charge < -0.3 is 10.1 Å². The highest BCUT2D eigenvalue weighted by molar-refractivity contribution is 7.17. The molecule has 1 aliphatic heterocycles. The van der Waals surface area contributed by atoms with Gasteiger partial charge in [0.15, 0.2) is 0 Å². The van der Waals surface area contributed by atoms with Crippen LogP contribution in [0.5, 0.6) is 0 Å². The first-order valence-electron chi connectivity index (χ1n) is 7.07. The first kappa shape index (κ1) is 13.1. The normalized spacial score (nSPS) is 23.5. The molecule has 0 bridgehead atoms. The molecule has 3 heteroatoms. The summed E-state index contributed by atoms with van der Waals surface area (Å²) < 4.78 is 7.38. The van der Waals surface area contributed by atoms with E-state index in [-0.39, 0.29) is 6.10 Å². The molecular weight excluding hydrogens is 254 g/mol. The summed E-state index contributed by atoms with van der Waals surface area (Å²) in [6.07, 6.45) is 1.43. The van der Waals surface area contributed by atoms with Crippen molar-refractivity contribution in [3.8, 4) is 0 Å². The van der Waals surface area contributed by atoms with Gasteiger partial charge in [-0.05, 0) is 28.8 Å². The maximum atomic E-state index is 6.02. The minimum Gasteiger partial charge on any atom is -0.373 e.